The maximum Gasteiger partial charge on any atom is 0.277 e. The third-order valence-electron chi connectivity index (χ3n) is 4.22. The fraction of sp³-hybridized carbons (Fsp3) is 0.500. The van der Waals surface area contributed by atoms with Crippen molar-refractivity contribution in [2.75, 3.05) is 13.1 Å². The second-order valence-corrected chi connectivity index (χ2v) is 7.18. The van der Waals surface area contributed by atoms with Crippen molar-refractivity contribution in [3.05, 3.63) is 40.1 Å². The Hall–Kier alpha value is -1.53. The van der Waals surface area contributed by atoms with Gasteiger partial charge in [-0.25, -0.2) is 0 Å². The second-order valence-electron chi connectivity index (χ2n) is 6.30. The Balaban J connectivity index is 1.72. The lowest BCUT2D eigenvalue weighted by Crippen LogP contribution is -2.19. The van der Waals surface area contributed by atoms with Gasteiger partial charge in [-0.05, 0) is 69.0 Å². The van der Waals surface area contributed by atoms with E-state index in [1.165, 1.54) is 37.6 Å². The highest BCUT2D eigenvalue weighted by Gasteiger charge is 2.37. The van der Waals surface area contributed by atoms with Crippen molar-refractivity contribution < 1.29 is 4.92 Å². The molecule has 0 radical (unpaired) electrons. The summed E-state index contributed by atoms with van der Waals surface area (Å²) in [6, 6.07) is 5.44. The highest BCUT2D eigenvalue weighted by atomic mass is 32.2. The Morgan fingerprint density at radius 3 is 2.73 bits per heavy atom. The van der Waals surface area contributed by atoms with Gasteiger partial charge in [0, 0.05) is 29.6 Å². The average molecular weight is 319 g/mol. The summed E-state index contributed by atoms with van der Waals surface area (Å²) in [6.45, 7) is 4.25. The van der Waals surface area contributed by atoms with Gasteiger partial charge in [-0.1, -0.05) is 0 Å². The van der Waals surface area contributed by atoms with Crippen molar-refractivity contribution in [3.63, 3.8) is 0 Å². The van der Waals surface area contributed by atoms with Crippen molar-refractivity contribution in [2.45, 2.75) is 43.0 Å². The van der Waals surface area contributed by atoms with Gasteiger partial charge in [0.25, 0.3) is 5.69 Å². The zero-order valence-electron chi connectivity index (χ0n) is 12.7. The van der Waals surface area contributed by atoms with E-state index in [9.17, 15) is 10.1 Å². The Morgan fingerprint density at radius 2 is 2.09 bits per heavy atom. The van der Waals surface area contributed by atoms with Crippen LogP contribution < -0.4 is 4.72 Å². The number of hydrogen-bond acceptors (Lipinski definition) is 5. The first-order chi connectivity index (χ1) is 10.6. The van der Waals surface area contributed by atoms with Crippen molar-refractivity contribution in [2.24, 2.45) is 0 Å². The zero-order valence-corrected chi connectivity index (χ0v) is 13.6. The molecule has 1 saturated heterocycles. The number of likely N-dealkylation sites (tertiary alicyclic amines) is 1. The monoisotopic (exact) mass is 319 g/mol. The molecule has 6 heteroatoms. The first-order valence-corrected chi connectivity index (χ1v) is 8.52. The summed E-state index contributed by atoms with van der Waals surface area (Å²) in [5, 5.41) is 11.3. The van der Waals surface area contributed by atoms with E-state index >= 15 is 0 Å². The minimum atomic E-state index is -0.299. The van der Waals surface area contributed by atoms with Crippen LogP contribution in [0.25, 0.3) is 6.08 Å². The normalized spacial score (nSPS) is 19.8. The molecule has 2 aliphatic rings. The summed E-state index contributed by atoms with van der Waals surface area (Å²) in [5.74, 6) is 0. The fourth-order valence-electron chi connectivity index (χ4n) is 2.43. The van der Waals surface area contributed by atoms with E-state index in [-0.39, 0.29) is 16.1 Å². The maximum atomic E-state index is 11.3. The maximum absolute atomic E-state index is 11.3. The number of rotatable bonds is 6. The smallest absolute Gasteiger partial charge is 0.277 e. The molecule has 0 aromatic heterocycles. The molecular formula is C16H21N3O2S. The van der Waals surface area contributed by atoms with Crippen LogP contribution in [-0.2, 0) is 0 Å². The lowest BCUT2D eigenvalue weighted by Gasteiger charge is -2.11. The Labute approximate surface area is 135 Å². The van der Waals surface area contributed by atoms with Crippen molar-refractivity contribution in [1.82, 2.24) is 9.62 Å². The molecule has 0 atom stereocenters. The molecular weight excluding hydrogens is 298 g/mol. The van der Waals surface area contributed by atoms with Gasteiger partial charge in [-0.2, -0.15) is 0 Å². The van der Waals surface area contributed by atoms with E-state index in [0.717, 1.165) is 18.0 Å². The molecule has 1 aliphatic heterocycles. The molecule has 118 valence electrons. The van der Waals surface area contributed by atoms with Gasteiger partial charge in [-0.15, -0.1) is 0 Å². The Morgan fingerprint density at radius 1 is 1.36 bits per heavy atom. The van der Waals surface area contributed by atoms with Crippen LogP contribution in [0.2, 0.25) is 0 Å². The van der Waals surface area contributed by atoms with Crippen LogP contribution in [0, 0.1) is 10.1 Å². The average Bonchev–Trinajstić information content (AvgIpc) is 3.02. The summed E-state index contributed by atoms with van der Waals surface area (Å²) < 4.78 is 3.38. The number of hydrogen-bond donors (Lipinski definition) is 1. The topological polar surface area (TPSA) is 58.4 Å². The molecule has 1 heterocycles. The molecule has 22 heavy (non-hydrogen) atoms. The highest BCUT2D eigenvalue weighted by Crippen LogP contribution is 2.38. The van der Waals surface area contributed by atoms with Crippen LogP contribution in [0.3, 0.4) is 0 Å². The van der Waals surface area contributed by atoms with E-state index in [2.05, 4.69) is 16.5 Å². The highest BCUT2D eigenvalue weighted by molar-refractivity contribution is 7.97. The standard InChI is InChI=1S/C16H21N3O2S/c1-16(7-8-16)17-22-14-5-4-13(15(12-14)19(20)21)6-11-18-9-2-3-10-18/h4-6,11-12,17H,2-3,7-10H2,1H3/b11-6+. The molecule has 0 spiro atoms. The predicted molar refractivity (Wildman–Crippen MR) is 89.6 cm³/mol. The van der Waals surface area contributed by atoms with Gasteiger partial charge < -0.3 is 4.90 Å². The van der Waals surface area contributed by atoms with Gasteiger partial charge in [0.2, 0.25) is 0 Å². The van der Waals surface area contributed by atoms with Gasteiger partial charge in [0.1, 0.15) is 0 Å². The SMILES string of the molecule is CC1(NSc2ccc(/C=C/N3CCCC3)c([N+](=O)[O-])c2)CC1. The van der Waals surface area contributed by atoms with Gasteiger partial charge in [-0.3, -0.25) is 14.8 Å². The second kappa shape index (κ2) is 6.30. The minimum Gasteiger partial charge on any atom is -0.377 e. The Bertz CT molecular complexity index is 593. The van der Waals surface area contributed by atoms with Crippen LogP contribution in [0.4, 0.5) is 5.69 Å². The van der Waals surface area contributed by atoms with E-state index in [1.807, 2.05) is 24.4 Å². The summed E-state index contributed by atoms with van der Waals surface area (Å²) in [6.07, 6.45) is 8.57. The lowest BCUT2D eigenvalue weighted by molar-refractivity contribution is -0.385. The van der Waals surface area contributed by atoms with Gasteiger partial charge in [0.05, 0.1) is 10.5 Å². The quantitative estimate of drug-likeness (QED) is 0.491. The number of benzene rings is 1. The third kappa shape index (κ3) is 3.81. The van der Waals surface area contributed by atoms with Gasteiger partial charge >= 0.3 is 0 Å². The van der Waals surface area contributed by atoms with Crippen molar-refractivity contribution >= 4 is 23.7 Å². The molecule has 1 aliphatic carbocycles. The van der Waals surface area contributed by atoms with E-state index in [0.29, 0.717) is 5.56 Å². The fourth-order valence-corrected chi connectivity index (χ4v) is 3.31. The van der Waals surface area contributed by atoms with Crippen LogP contribution in [0.5, 0.6) is 0 Å². The van der Waals surface area contributed by atoms with Crippen LogP contribution >= 0.6 is 11.9 Å². The molecule has 3 rings (SSSR count). The first kappa shape index (κ1) is 15.4. The Kier molecular flexibility index (Phi) is 4.40. The zero-order chi connectivity index (χ0) is 15.6. The van der Waals surface area contributed by atoms with E-state index in [1.54, 1.807) is 6.07 Å². The molecule has 1 aromatic rings. The van der Waals surface area contributed by atoms with Crippen LogP contribution in [0.1, 0.15) is 38.2 Å². The number of nitro benzene ring substituents is 1. The van der Waals surface area contributed by atoms with Crippen molar-refractivity contribution in [3.8, 4) is 0 Å². The third-order valence-corrected chi connectivity index (χ3v) is 5.30. The molecule has 1 aromatic carbocycles. The van der Waals surface area contributed by atoms with Gasteiger partial charge in [0.15, 0.2) is 0 Å². The molecule has 0 bridgehead atoms. The molecule has 5 nitrogen and oxygen atoms in total. The number of nitrogens with zero attached hydrogens (tertiary/aromatic N) is 2. The predicted octanol–water partition coefficient (Wildman–Crippen LogP) is 3.81. The first-order valence-electron chi connectivity index (χ1n) is 7.70. The molecule has 0 amide bonds. The summed E-state index contributed by atoms with van der Waals surface area (Å²) in [5.41, 5.74) is 1.04. The van der Waals surface area contributed by atoms with Crippen LogP contribution in [-0.4, -0.2) is 28.5 Å². The number of nitro groups is 1. The lowest BCUT2D eigenvalue weighted by atomic mass is 10.2. The van der Waals surface area contributed by atoms with E-state index in [4.69, 9.17) is 0 Å². The molecule has 1 saturated carbocycles. The summed E-state index contributed by atoms with van der Waals surface area (Å²) in [4.78, 5) is 14.1. The molecule has 2 fully saturated rings. The minimum absolute atomic E-state index is 0.170. The molecule has 0 unspecified atom stereocenters. The largest absolute Gasteiger partial charge is 0.377 e. The number of nitrogens with one attached hydrogen (secondary N) is 1. The molecule has 1 N–H and O–H groups in total. The van der Waals surface area contributed by atoms with Crippen molar-refractivity contribution in [1.29, 1.82) is 0 Å². The summed E-state index contributed by atoms with van der Waals surface area (Å²) >= 11 is 1.48. The van der Waals surface area contributed by atoms with Crippen LogP contribution in [0.15, 0.2) is 29.3 Å². The summed E-state index contributed by atoms with van der Waals surface area (Å²) in [7, 11) is 0. The van der Waals surface area contributed by atoms with E-state index < -0.39 is 0 Å².